The van der Waals surface area contributed by atoms with Crippen molar-refractivity contribution >= 4 is 28.3 Å². The number of aromatic carboxylic acids is 2. The fourth-order valence-electron chi connectivity index (χ4n) is 2.24. The number of thiophene rings is 1. The summed E-state index contributed by atoms with van der Waals surface area (Å²) in [6.45, 7) is 4.60. The molecule has 0 amide bonds. The number of carbonyl (C=O) groups is 2. The lowest BCUT2D eigenvalue weighted by Gasteiger charge is -2.07. The molecule has 1 aromatic carbocycles. The van der Waals surface area contributed by atoms with E-state index in [1.54, 1.807) is 0 Å². The molecule has 122 valence electrons. The molecule has 0 fully saturated rings. The number of benzene rings is 1. The smallest absolute Gasteiger partial charge is 0.339 e. The summed E-state index contributed by atoms with van der Waals surface area (Å²) in [4.78, 5) is 23.7. The van der Waals surface area contributed by atoms with Crippen LogP contribution in [0.4, 0.5) is 5.00 Å². The Hall–Kier alpha value is -2.34. The Morgan fingerprint density at radius 1 is 1.09 bits per heavy atom. The second kappa shape index (κ2) is 7.28. The van der Waals surface area contributed by atoms with Crippen molar-refractivity contribution in [3.05, 3.63) is 51.9 Å². The third kappa shape index (κ3) is 4.10. The molecule has 0 aliphatic carbocycles. The maximum Gasteiger partial charge on any atom is 0.339 e. The van der Waals surface area contributed by atoms with Gasteiger partial charge in [0.1, 0.15) is 10.6 Å². The molecule has 0 spiro atoms. The number of rotatable bonds is 7. The molecule has 0 aliphatic heterocycles. The van der Waals surface area contributed by atoms with Crippen molar-refractivity contribution in [3.8, 4) is 0 Å². The van der Waals surface area contributed by atoms with Crippen molar-refractivity contribution in [2.75, 3.05) is 11.9 Å². The van der Waals surface area contributed by atoms with Crippen LogP contribution in [0.25, 0.3) is 0 Å². The van der Waals surface area contributed by atoms with Crippen molar-refractivity contribution in [2.45, 2.75) is 20.3 Å². The van der Waals surface area contributed by atoms with Crippen LogP contribution in [0.15, 0.2) is 30.3 Å². The van der Waals surface area contributed by atoms with Gasteiger partial charge in [-0.15, -0.1) is 11.3 Å². The molecule has 0 unspecified atom stereocenters. The summed E-state index contributed by atoms with van der Waals surface area (Å²) in [5.41, 5.74) is 0.690. The molecule has 0 saturated heterocycles. The highest BCUT2D eigenvalue weighted by Gasteiger charge is 2.27. The molecule has 3 N–H and O–H groups in total. The SMILES string of the molecule is CC(C)CNc1sc(Cc2ccccc2)c(C(=O)O)c1C(=O)O. The third-order valence-corrected chi connectivity index (χ3v) is 4.43. The van der Waals surface area contributed by atoms with Gasteiger partial charge in [-0.25, -0.2) is 9.59 Å². The van der Waals surface area contributed by atoms with E-state index in [4.69, 9.17) is 0 Å². The summed E-state index contributed by atoms with van der Waals surface area (Å²) in [5, 5.41) is 22.4. The van der Waals surface area contributed by atoms with Crippen molar-refractivity contribution in [3.63, 3.8) is 0 Å². The van der Waals surface area contributed by atoms with Crippen molar-refractivity contribution < 1.29 is 19.8 Å². The molecular formula is C17H19NO4S. The summed E-state index contributed by atoms with van der Waals surface area (Å²) in [7, 11) is 0. The van der Waals surface area contributed by atoms with E-state index >= 15 is 0 Å². The zero-order valence-electron chi connectivity index (χ0n) is 13.0. The van der Waals surface area contributed by atoms with E-state index in [-0.39, 0.29) is 11.1 Å². The second-order valence-electron chi connectivity index (χ2n) is 5.65. The summed E-state index contributed by atoms with van der Waals surface area (Å²) >= 11 is 1.21. The molecular weight excluding hydrogens is 314 g/mol. The first-order chi connectivity index (χ1) is 10.9. The Balaban J connectivity index is 2.46. The highest BCUT2D eigenvalue weighted by Crippen LogP contribution is 2.35. The predicted molar refractivity (Wildman–Crippen MR) is 90.8 cm³/mol. The Bertz CT molecular complexity index is 707. The molecule has 5 nitrogen and oxygen atoms in total. The molecule has 23 heavy (non-hydrogen) atoms. The van der Waals surface area contributed by atoms with Gasteiger partial charge in [-0.3, -0.25) is 0 Å². The lowest BCUT2D eigenvalue weighted by Crippen LogP contribution is -2.12. The number of hydrogen-bond donors (Lipinski definition) is 3. The van der Waals surface area contributed by atoms with Crippen LogP contribution in [0.2, 0.25) is 0 Å². The molecule has 2 rings (SSSR count). The van der Waals surface area contributed by atoms with Gasteiger partial charge < -0.3 is 15.5 Å². The number of anilines is 1. The minimum atomic E-state index is -1.22. The third-order valence-electron chi connectivity index (χ3n) is 3.29. The van der Waals surface area contributed by atoms with Crippen LogP contribution in [0.1, 0.15) is 45.0 Å². The molecule has 1 aromatic heterocycles. The molecule has 0 bridgehead atoms. The summed E-state index contributed by atoms with van der Waals surface area (Å²) in [6.07, 6.45) is 0.400. The van der Waals surface area contributed by atoms with Crippen molar-refractivity contribution in [1.29, 1.82) is 0 Å². The standard InChI is InChI=1S/C17H19NO4S/c1-10(2)9-18-15-14(17(21)22)13(16(19)20)12(23-15)8-11-6-4-3-5-7-11/h3-7,10,18H,8-9H2,1-2H3,(H,19,20)(H,21,22). The first kappa shape index (κ1) is 17.0. The van der Waals surface area contributed by atoms with Gasteiger partial charge in [-0.05, 0) is 11.5 Å². The van der Waals surface area contributed by atoms with E-state index in [0.29, 0.717) is 28.8 Å². The van der Waals surface area contributed by atoms with Gasteiger partial charge in [0, 0.05) is 17.8 Å². The zero-order valence-corrected chi connectivity index (χ0v) is 13.8. The number of hydrogen-bond acceptors (Lipinski definition) is 4. The summed E-state index contributed by atoms with van der Waals surface area (Å²) < 4.78 is 0. The molecule has 1 heterocycles. The molecule has 2 aromatic rings. The molecule has 0 radical (unpaired) electrons. The predicted octanol–water partition coefficient (Wildman–Crippen LogP) is 3.80. The van der Waals surface area contributed by atoms with Gasteiger partial charge in [-0.2, -0.15) is 0 Å². The highest BCUT2D eigenvalue weighted by molar-refractivity contribution is 7.17. The van der Waals surface area contributed by atoms with Gasteiger partial charge in [0.05, 0.1) is 5.56 Å². The van der Waals surface area contributed by atoms with E-state index in [9.17, 15) is 19.8 Å². The molecule has 0 saturated carbocycles. The summed E-state index contributed by atoms with van der Waals surface area (Å²) in [5.74, 6) is -2.10. The van der Waals surface area contributed by atoms with Crippen molar-refractivity contribution in [1.82, 2.24) is 0 Å². The van der Waals surface area contributed by atoms with E-state index < -0.39 is 11.9 Å². The first-order valence-electron chi connectivity index (χ1n) is 7.30. The van der Waals surface area contributed by atoms with Crippen LogP contribution in [0.5, 0.6) is 0 Å². The largest absolute Gasteiger partial charge is 0.478 e. The van der Waals surface area contributed by atoms with Crippen LogP contribution in [-0.2, 0) is 6.42 Å². The van der Waals surface area contributed by atoms with Gasteiger partial charge in [-0.1, -0.05) is 44.2 Å². The fraction of sp³-hybridized carbons (Fsp3) is 0.294. The minimum absolute atomic E-state index is 0.113. The number of carboxylic acid groups (broad SMARTS) is 2. The summed E-state index contributed by atoms with van der Waals surface area (Å²) in [6, 6.07) is 9.42. The van der Waals surface area contributed by atoms with Crippen LogP contribution in [-0.4, -0.2) is 28.7 Å². The van der Waals surface area contributed by atoms with E-state index in [2.05, 4.69) is 5.32 Å². The minimum Gasteiger partial charge on any atom is -0.478 e. The van der Waals surface area contributed by atoms with Crippen LogP contribution in [0, 0.1) is 5.92 Å². The Kier molecular flexibility index (Phi) is 5.39. The topological polar surface area (TPSA) is 86.6 Å². The molecule has 0 aliphatic rings. The van der Waals surface area contributed by atoms with E-state index in [0.717, 1.165) is 5.56 Å². The fourth-order valence-corrected chi connectivity index (χ4v) is 3.46. The van der Waals surface area contributed by atoms with Crippen molar-refractivity contribution in [2.24, 2.45) is 5.92 Å². The van der Waals surface area contributed by atoms with Crippen LogP contribution in [0.3, 0.4) is 0 Å². The molecule has 6 heteroatoms. The van der Waals surface area contributed by atoms with Gasteiger partial charge >= 0.3 is 11.9 Å². The normalized spacial score (nSPS) is 10.7. The highest BCUT2D eigenvalue weighted by atomic mass is 32.1. The Labute approximate surface area is 138 Å². The van der Waals surface area contributed by atoms with Crippen LogP contribution >= 0.6 is 11.3 Å². The van der Waals surface area contributed by atoms with Gasteiger partial charge in [0.2, 0.25) is 0 Å². The average molecular weight is 333 g/mol. The molecule has 0 atom stereocenters. The monoisotopic (exact) mass is 333 g/mol. The number of nitrogens with one attached hydrogen (secondary N) is 1. The quantitative estimate of drug-likeness (QED) is 0.717. The maximum atomic E-state index is 11.6. The van der Waals surface area contributed by atoms with Gasteiger partial charge in [0.15, 0.2) is 0 Å². The Morgan fingerprint density at radius 3 is 2.22 bits per heavy atom. The maximum absolute atomic E-state index is 11.6. The average Bonchev–Trinajstić information content (AvgIpc) is 2.85. The Morgan fingerprint density at radius 2 is 1.70 bits per heavy atom. The van der Waals surface area contributed by atoms with Gasteiger partial charge in [0.25, 0.3) is 0 Å². The van der Waals surface area contributed by atoms with E-state index in [1.807, 2.05) is 44.2 Å². The zero-order chi connectivity index (χ0) is 17.0. The lowest BCUT2D eigenvalue weighted by atomic mass is 10.0. The first-order valence-corrected chi connectivity index (χ1v) is 8.11. The second-order valence-corrected chi connectivity index (χ2v) is 6.76. The number of carboxylic acids is 2. The lowest BCUT2D eigenvalue weighted by molar-refractivity contribution is 0.0652. The van der Waals surface area contributed by atoms with Crippen LogP contribution < -0.4 is 5.32 Å². The van der Waals surface area contributed by atoms with E-state index in [1.165, 1.54) is 11.3 Å².